The van der Waals surface area contributed by atoms with E-state index in [1.165, 1.54) is 47.4 Å². The van der Waals surface area contributed by atoms with Crippen LogP contribution < -0.4 is 0 Å². The van der Waals surface area contributed by atoms with Gasteiger partial charge in [0, 0.05) is 64.3 Å². The zero-order chi connectivity index (χ0) is 39.6. The molecule has 0 radical (unpaired) electrons. The quantitative estimate of drug-likeness (QED) is 0.169. The second-order valence-corrected chi connectivity index (χ2v) is 16.2. The summed E-state index contributed by atoms with van der Waals surface area (Å²) in [4.78, 5) is 15.6. The van der Waals surface area contributed by atoms with Crippen LogP contribution in [0.2, 0.25) is 0 Å². The third kappa shape index (κ3) is 5.70. The van der Waals surface area contributed by atoms with Crippen LogP contribution in [0.1, 0.15) is 0 Å². The molecule has 0 amide bonds. The van der Waals surface area contributed by atoms with Crippen molar-refractivity contribution in [2.24, 2.45) is 0 Å². The number of hydrogen-bond acceptors (Lipinski definition) is 4. The topological polar surface area (TPSA) is 43.6 Å². The predicted molar refractivity (Wildman–Crippen MR) is 252 cm³/mol. The average molecular weight is 783 g/mol. The first-order valence-electron chi connectivity index (χ1n) is 20.2. The molecular formula is C55H34N4S. The molecule has 0 aliphatic carbocycles. The Morgan fingerprint density at radius 3 is 1.68 bits per heavy atom. The number of fused-ring (bicyclic) bond motifs is 8. The lowest BCUT2D eigenvalue weighted by Gasteiger charge is -2.13. The summed E-state index contributed by atoms with van der Waals surface area (Å²) >= 11 is 1.85. The Hall–Kier alpha value is -7.73. The molecule has 5 heteroatoms. The minimum absolute atomic E-state index is 0.690. The Bertz CT molecular complexity index is 3550. The van der Waals surface area contributed by atoms with E-state index in [0.717, 1.165) is 61.7 Å². The fourth-order valence-electron chi connectivity index (χ4n) is 8.76. The summed E-state index contributed by atoms with van der Waals surface area (Å²) in [6.07, 6.45) is 0. The Morgan fingerprint density at radius 1 is 0.367 bits per heavy atom. The van der Waals surface area contributed by atoms with Crippen LogP contribution in [-0.2, 0) is 0 Å². The highest BCUT2D eigenvalue weighted by Gasteiger charge is 2.18. The largest absolute Gasteiger partial charge is 0.309 e. The van der Waals surface area contributed by atoms with Gasteiger partial charge in [0.2, 0.25) is 0 Å². The molecule has 4 heterocycles. The number of hydrogen-bond donors (Lipinski definition) is 0. The highest BCUT2D eigenvalue weighted by Crippen LogP contribution is 2.43. The van der Waals surface area contributed by atoms with Crippen molar-refractivity contribution in [3.8, 4) is 62.0 Å². The number of benzene rings is 8. The smallest absolute Gasteiger partial charge is 0.160 e. The molecule has 0 aliphatic rings. The zero-order valence-corrected chi connectivity index (χ0v) is 33.1. The van der Waals surface area contributed by atoms with Gasteiger partial charge in [-0.05, 0) is 59.7 Å². The molecule has 0 N–H and O–H groups in total. The van der Waals surface area contributed by atoms with Crippen LogP contribution >= 0.6 is 11.3 Å². The van der Waals surface area contributed by atoms with Gasteiger partial charge in [0.1, 0.15) is 0 Å². The number of nitrogens with zero attached hydrogens (tertiary/aromatic N) is 4. The first-order valence-corrected chi connectivity index (χ1v) is 21.0. The summed E-state index contributed by atoms with van der Waals surface area (Å²) in [5, 5.41) is 6.15. The molecule has 0 bridgehead atoms. The highest BCUT2D eigenvalue weighted by molar-refractivity contribution is 7.26. The van der Waals surface area contributed by atoms with Crippen LogP contribution in [0.3, 0.4) is 0 Å². The molecule has 0 fully saturated rings. The summed E-state index contributed by atoms with van der Waals surface area (Å²) in [7, 11) is 0. The van der Waals surface area contributed by atoms with Crippen molar-refractivity contribution in [1.29, 1.82) is 0 Å². The Morgan fingerprint density at radius 2 is 0.933 bits per heavy atom. The second-order valence-electron chi connectivity index (χ2n) is 15.2. The van der Waals surface area contributed by atoms with E-state index in [1.807, 2.05) is 29.5 Å². The minimum Gasteiger partial charge on any atom is -0.309 e. The van der Waals surface area contributed by atoms with Gasteiger partial charge in [-0.1, -0.05) is 158 Å². The molecule has 0 atom stereocenters. The minimum atomic E-state index is 0.690. The molecule has 0 aliphatic heterocycles. The lowest BCUT2D eigenvalue weighted by atomic mass is 9.97. The first kappa shape index (κ1) is 34.3. The van der Waals surface area contributed by atoms with E-state index in [2.05, 4.69) is 193 Å². The van der Waals surface area contributed by atoms with Gasteiger partial charge >= 0.3 is 0 Å². The maximum atomic E-state index is 5.26. The van der Waals surface area contributed by atoms with E-state index in [-0.39, 0.29) is 0 Å². The van der Waals surface area contributed by atoms with Crippen LogP contribution in [0.4, 0.5) is 0 Å². The molecule has 4 aromatic heterocycles. The lowest BCUT2D eigenvalue weighted by molar-refractivity contribution is 1.16. The van der Waals surface area contributed by atoms with Gasteiger partial charge in [-0.3, -0.25) is 0 Å². The molecule has 0 saturated carbocycles. The van der Waals surface area contributed by atoms with Gasteiger partial charge in [0.25, 0.3) is 0 Å². The Labute approximate surface area is 350 Å². The average Bonchev–Trinajstić information content (AvgIpc) is 3.89. The van der Waals surface area contributed by atoms with Crippen molar-refractivity contribution in [2.75, 3.05) is 0 Å². The molecule has 0 unspecified atom stereocenters. The summed E-state index contributed by atoms with van der Waals surface area (Å²) in [6.45, 7) is 0. The van der Waals surface area contributed by atoms with Crippen molar-refractivity contribution >= 4 is 64.2 Å². The van der Waals surface area contributed by atoms with Crippen molar-refractivity contribution in [3.05, 3.63) is 206 Å². The molecule has 0 spiro atoms. The lowest BCUT2D eigenvalue weighted by Crippen LogP contribution is -1.98. The van der Waals surface area contributed by atoms with E-state index in [4.69, 9.17) is 15.0 Å². The monoisotopic (exact) mass is 782 g/mol. The van der Waals surface area contributed by atoms with E-state index in [1.54, 1.807) is 0 Å². The van der Waals surface area contributed by atoms with Crippen LogP contribution in [0, 0.1) is 0 Å². The SMILES string of the molecule is c1ccc(-c2nc(-c3cccc(-c4ccc(-c5nc6ccccc6c6sc7ccccc7c56)cc4)c3)cc(-c3cccc(-n4c5ccccc5c5ccccc54)c3)n2)cc1. The Kier molecular flexibility index (Phi) is 8.00. The number of para-hydroxylation sites is 3. The normalized spacial score (nSPS) is 11.7. The van der Waals surface area contributed by atoms with Gasteiger partial charge < -0.3 is 4.57 Å². The van der Waals surface area contributed by atoms with Gasteiger partial charge in [-0.15, -0.1) is 11.3 Å². The number of thiophene rings is 1. The number of pyridine rings is 1. The standard InChI is InChI=1S/C55H34N4S/c1-2-14-37(15-3-1)55-57-47(34-48(58-55)40-18-13-19-41(33-40)59-49-25-9-5-20-42(49)43-21-6-10-26-50(43)59)39-17-12-16-38(32-39)35-28-30-36(31-29-35)53-52-45-23-7-11-27-51(45)60-54(52)44-22-4-8-24-46(44)56-53/h1-34H. The van der Waals surface area contributed by atoms with Crippen LogP contribution in [0.5, 0.6) is 0 Å². The van der Waals surface area contributed by atoms with Gasteiger partial charge in [0.05, 0.1) is 33.6 Å². The predicted octanol–water partition coefficient (Wildman–Crippen LogP) is 14.8. The molecule has 12 aromatic rings. The van der Waals surface area contributed by atoms with Gasteiger partial charge in [-0.25, -0.2) is 15.0 Å². The summed E-state index contributed by atoms with van der Waals surface area (Å²) in [5.41, 5.74) is 13.6. The second kappa shape index (κ2) is 14.0. The summed E-state index contributed by atoms with van der Waals surface area (Å²) < 4.78 is 4.91. The zero-order valence-electron chi connectivity index (χ0n) is 32.3. The molecule has 60 heavy (non-hydrogen) atoms. The Balaban J connectivity index is 0.951. The van der Waals surface area contributed by atoms with Crippen molar-refractivity contribution in [1.82, 2.24) is 19.5 Å². The van der Waals surface area contributed by atoms with E-state index in [9.17, 15) is 0 Å². The molecule has 4 nitrogen and oxygen atoms in total. The molecule has 8 aromatic carbocycles. The number of rotatable bonds is 6. The van der Waals surface area contributed by atoms with Crippen molar-refractivity contribution < 1.29 is 0 Å². The molecule has 0 saturated heterocycles. The molecule has 12 rings (SSSR count). The van der Waals surface area contributed by atoms with Crippen LogP contribution in [0.25, 0.3) is 115 Å². The fourth-order valence-corrected chi connectivity index (χ4v) is 10.00. The third-order valence-electron chi connectivity index (χ3n) is 11.6. The first-order chi connectivity index (χ1) is 29.7. The van der Waals surface area contributed by atoms with Crippen LogP contribution in [0.15, 0.2) is 206 Å². The van der Waals surface area contributed by atoms with Gasteiger partial charge in [0.15, 0.2) is 5.82 Å². The maximum Gasteiger partial charge on any atom is 0.160 e. The van der Waals surface area contributed by atoms with Crippen molar-refractivity contribution in [3.63, 3.8) is 0 Å². The molecular weight excluding hydrogens is 749 g/mol. The summed E-state index contributed by atoms with van der Waals surface area (Å²) in [6, 6.07) is 73.0. The number of aromatic nitrogens is 4. The van der Waals surface area contributed by atoms with Gasteiger partial charge in [-0.2, -0.15) is 0 Å². The highest BCUT2D eigenvalue weighted by atomic mass is 32.1. The molecule has 280 valence electrons. The summed E-state index contributed by atoms with van der Waals surface area (Å²) in [5.74, 6) is 0.690. The maximum absolute atomic E-state index is 5.26. The van der Waals surface area contributed by atoms with Crippen LogP contribution in [-0.4, -0.2) is 19.5 Å². The van der Waals surface area contributed by atoms with E-state index < -0.39 is 0 Å². The third-order valence-corrected chi connectivity index (χ3v) is 12.8. The van der Waals surface area contributed by atoms with Crippen molar-refractivity contribution in [2.45, 2.75) is 0 Å². The van der Waals surface area contributed by atoms with E-state index in [0.29, 0.717) is 5.82 Å². The fraction of sp³-hybridized carbons (Fsp3) is 0. The van der Waals surface area contributed by atoms with E-state index >= 15 is 0 Å².